The lowest BCUT2D eigenvalue weighted by molar-refractivity contribution is -0.144. The molecular weight excluding hydrogens is 410 g/mol. The number of benzene rings is 2. The molecule has 0 amide bonds. The Hall–Kier alpha value is -3.87. The predicted octanol–water partition coefficient (Wildman–Crippen LogP) is 4.28. The molecule has 32 heavy (non-hydrogen) atoms. The number of Topliss-reactive ketones (excluding diaryl/α,β-unsaturated/α-hetero) is 1. The number of ether oxygens (including phenoxy) is 3. The lowest BCUT2D eigenvalue weighted by atomic mass is 10.1. The molecule has 166 valence electrons. The highest BCUT2D eigenvalue weighted by Crippen LogP contribution is 2.29. The van der Waals surface area contributed by atoms with Crippen LogP contribution >= 0.6 is 0 Å². The van der Waals surface area contributed by atoms with Crippen LogP contribution in [0.2, 0.25) is 0 Å². The number of nitrogens with one attached hydrogen (secondary N) is 1. The molecule has 0 bridgehead atoms. The summed E-state index contributed by atoms with van der Waals surface area (Å²) in [4.78, 5) is 39.7. The third-order valence-corrected chi connectivity index (χ3v) is 4.88. The van der Waals surface area contributed by atoms with Gasteiger partial charge in [0, 0.05) is 16.8 Å². The van der Waals surface area contributed by atoms with Gasteiger partial charge in [-0.25, -0.2) is 9.59 Å². The molecule has 3 aromatic rings. The van der Waals surface area contributed by atoms with E-state index in [0.29, 0.717) is 22.6 Å². The first-order chi connectivity index (χ1) is 15.4. The number of hydrogen-bond acceptors (Lipinski definition) is 6. The van der Waals surface area contributed by atoms with Crippen LogP contribution in [-0.2, 0) is 14.3 Å². The number of carbonyl (C=O) groups excluding carboxylic acids is 3. The summed E-state index contributed by atoms with van der Waals surface area (Å²) in [7, 11) is 0. The van der Waals surface area contributed by atoms with E-state index >= 15 is 0 Å². The standard InChI is InChI=1S/C25H25NO6/c1-4-30-25(29)24-16(2)23(17(3)26-24)20(27)14-32-22(28)15-31-21-13-9-8-12-19(21)18-10-6-5-7-11-18/h5-13,26H,4,14-15H2,1-3H3. The van der Waals surface area contributed by atoms with Crippen molar-refractivity contribution in [2.45, 2.75) is 20.8 Å². The Labute approximate surface area is 186 Å². The summed E-state index contributed by atoms with van der Waals surface area (Å²) in [5.74, 6) is -1.07. The van der Waals surface area contributed by atoms with Gasteiger partial charge in [-0.2, -0.15) is 0 Å². The van der Waals surface area contributed by atoms with Crippen molar-refractivity contribution in [2.24, 2.45) is 0 Å². The maximum absolute atomic E-state index is 12.6. The first-order valence-corrected chi connectivity index (χ1v) is 10.2. The molecule has 0 fully saturated rings. The fourth-order valence-corrected chi connectivity index (χ4v) is 3.42. The van der Waals surface area contributed by atoms with Crippen LogP contribution in [0.5, 0.6) is 5.75 Å². The normalized spacial score (nSPS) is 10.5. The second-order valence-corrected chi connectivity index (χ2v) is 7.08. The Morgan fingerprint density at radius 3 is 2.28 bits per heavy atom. The van der Waals surface area contributed by atoms with Crippen molar-refractivity contribution in [3.05, 3.63) is 77.1 Å². The second-order valence-electron chi connectivity index (χ2n) is 7.08. The van der Waals surface area contributed by atoms with Gasteiger partial charge in [0.1, 0.15) is 11.4 Å². The molecule has 7 heteroatoms. The summed E-state index contributed by atoms with van der Waals surface area (Å²) < 4.78 is 15.7. The number of para-hydroxylation sites is 1. The van der Waals surface area contributed by atoms with Crippen molar-refractivity contribution in [1.29, 1.82) is 0 Å². The van der Waals surface area contributed by atoms with E-state index in [4.69, 9.17) is 14.2 Å². The molecule has 0 saturated carbocycles. The van der Waals surface area contributed by atoms with Gasteiger partial charge in [0.05, 0.1) is 6.61 Å². The molecule has 1 aromatic heterocycles. The first-order valence-electron chi connectivity index (χ1n) is 10.2. The number of aryl methyl sites for hydroxylation is 1. The minimum Gasteiger partial charge on any atom is -0.481 e. The van der Waals surface area contributed by atoms with Gasteiger partial charge in [-0.1, -0.05) is 48.5 Å². The molecule has 7 nitrogen and oxygen atoms in total. The Kier molecular flexibility index (Phi) is 7.44. The van der Waals surface area contributed by atoms with E-state index in [1.807, 2.05) is 48.5 Å². The molecule has 0 unspecified atom stereocenters. The van der Waals surface area contributed by atoms with Gasteiger partial charge in [-0.3, -0.25) is 4.79 Å². The lowest BCUT2D eigenvalue weighted by Gasteiger charge is -2.11. The molecule has 0 aliphatic rings. The van der Waals surface area contributed by atoms with Crippen LogP contribution < -0.4 is 4.74 Å². The van der Waals surface area contributed by atoms with E-state index in [9.17, 15) is 14.4 Å². The molecule has 2 aromatic carbocycles. The van der Waals surface area contributed by atoms with E-state index in [1.54, 1.807) is 26.8 Å². The van der Waals surface area contributed by atoms with Crippen molar-refractivity contribution in [3.8, 4) is 16.9 Å². The minimum absolute atomic E-state index is 0.222. The third kappa shape index (κ3) is 5.24. The van der Waals surface area contributed by atoms with Crippen LogP contribution in [0.15, 0.2) is 54.6 Å². The van der Waals surface area contributed by atoms with Gasteiger partial charge in [-0.15, -0.1) is 0 Å². The predicted molar refractivity (Wildman–Crippen MR) is 119 cm³/mol. The Bertz CT molecular complexity index is 1120. The van der Waals surface area contributed by atoms with Gasteiger partial charge >= 0.3 is 11.9 Å². The highest BCUT2D eigenvalue weighted by Gasteiger charge is 2.23. The SMILES string of the molecule is CCOC(=O)c1[nH]c(C)c(C(=O)COC(=O)COc2ccccc2-c2ccccc2)c1C. The summed E-state index contributed by atoms with van der Waals surface area (Å²) >= 11 is 0. The monoisotopic (exact) mass is 435 g/mol. The quantitative estimate of drug-likeness (QED) is 0.398. The summed E-state index contributed by atoms with van der Waals surface area (Å²) in [6.07, 6.45) is 0. The second kappa shape index (κ2) is 10.4. The fourth-order valence-electron chi connectivity index (χ4n) is 3.42. The van der Waals surface area contributed by atoms with Crippen LogP contribution in [0, 0.1) is 13.8 Å². The first kappa shape index (κ1) is 22.8. The van der Waals surface area contributed by atoms with Crippen molar-refractivity contribution < 1.29 is 28.6 Å². The van der Waals surface area contributed by atoms with Gasteiger partial charge in [0.2, 0.25) is 5.78 Å². The van der Waals surface area contributed by atoms with Gasteiger partial charge in [-0.05, 0) is 38.0 Å². The number of ketones is 1. The van der Waals surface area contributed by atoms with E-state index in [-0.39, 0.29) is 18.9 Å². The number of rotatable bonds is 9. The van der Waals surface area contributed by atoms with E-state index in [0.717, 1.165) is 11.1 Å². The number of H-pyrrole nitrogens is 1. The highest BCUT2D eigenvalue weighted by atomic mass is 16.6. The fraction of sp³-hybridized carbons (Fsp3) is 0.240. The number of esters is 2. The summed E-state index contributed by atoms with van der Waals surface area (Å²) in [5, 5.41) is 0. The Morgan fingerprint density at radius 1 is 0.875 bits per heavy atom. The summed E-state index contributed by atoms with van der Waals surface area (Å²) in [6, 6.07) is 17.0. The number of aromatic amines is 1. The number of carbonyl (C=O) groups is 3. The van der Waals surface area contributed by atoms with Crippen LogP contribution in [-0.4, -0.2) is 42.5 Å². The largest absolute Gasteiger partial charge is 0.481 e. The zero-order chi connectivity index (χ0) is 23.1. The average Bonchev–Trinajstić information content (AvgIpc) is 3.11. The van der Waals surface area contributed by atoms with Gasteiger partial charge in [0.25, 0.3) is 0 Å². The molecule has 3 rings (SSSR count). The molecule has 0 atom stereocenters. The van der Waals surface area contributed by atoms with Crippen LogP contribution in [0.3, 0.4) is 0 Å². The topological polar surface area (TPSA) is 94.7 Å². The minimum atomic E-state index is -0.669. The van der Waals surface area contributed by atoms with Crippen molar-refractivity contribution in [1.82, 2.24) is 4.98 Å². The number of hydrogen-bond donors (Lipinski definition) is 1. The third-order valence-electron chi connectivity index (χ3n) is 4.88. The molecule has 0 radical (unpaired) electrons. The van der Waals surface area contributed by atoms with Crippen LogP contribution in [0.4, 0.5) is 0 Å². The summed E-state index contributed by atoms with van der Waals surface area (Å²) in [6.45, 7) is 4.46. The van der Waals surface area contributed by atoms with E-state index < -0.39 is 24.3 Å². The smallest absolute Gasteiger partial charge is 0.355 e. The summed E-state index contributed by atoms with van der Waals surface area (Å²) in [5.41, 5.74) is 3.33. The van der Waals surface area contributed by atoms with E-state index in [2.05, 4.69) is 4.98 Å². The molecular formula is C25H25NO6. The highest BCUT2D eigenvalue weighted by molar-refractivity contribution is 6.03. The zero-order valence-corrected chi connectivity index (χ0v) is 18.3. The number of aromatic nitrogens is 1. The zero-order valence-electron chi connectivity index (χ0n) is 18.3. The van der Waals surface area contributed by atoms with Crippen LogP contribution in [0.25, 0.3) is 11.1 Å². The maximum atomic E-state index is 12.6. The maximum Gasteiger partial charge on any atom is 0.355 e. The van der Waals surface area contributed by atoms with Gasteiger partial charge < -0.3 is 19.2 Å². The van der Waals surface area contributed by atoms with Gasteiger partial charge in [0.15, 0.2) is 13.2 Å². The lowest BCUT2D eigenvalue weighted by Crippen LogP contribution is -2.20. The molecule has 1 heterocycles. The molecule has 0 aliphatic carbocycles. The van der Waals surface area contributed by atoms with Crippen molar-refractivity contribution in [3.63, 3.8) is 0 Å². The Morgan fingerprint density at radius 2 is 1.56 bits per heavy atom. The van der Waals surface area contributed by atoms with Crippen molar-refractivity contribution in [2.75, 3.05) is 19.8 Å². The molecule has 0 aliphatic heterocycles. The average molecular weight is 435 g/mol. The Balaban J connectivity index is 1.60. The molecule has 0 spiro atoms. The van der Waals surface area contributed by atoms with Crippen molar-refractivity contribution >= 4 is 17.7 Å². The molecule has 1 N–H and O–H groups in total. The van der Waals surface area contributed by atoms with Crippen LogP contribution in [0.1, 0.15) is 39.0 Å². The molecule has 0 saturated heterocycles. The van der Waals surface area contributed by atoms with E-state index in [1.165, 1.54) is 0 Å².